The first-order valence-corrected chi connectivity index (χ1v) is 17.4. The molecule has 0 saturated carbocycles. The Morgan fingerprint density at radius 1 is 0.889 bits per heavy atom. The van der Waals surface area contributed by atoms with Crippen molar-refractivity contribution < 1.29 is 18.0 Å². The summed E-state index contributed by atoms with van der Waals surface area (Å²) in [5, 5.41) is 3.40. The molecular weight excluding hydrogens is 674 g/mol. The molecule has 4 aromatic rings. The highest BCUT2D eigenvalue weighted by Gasteiger charge is 2.34. The SMILES string of the molecule is CCCCNC(=O)[C@@H](Cc1ccccc1)N(Cc1ccc(Br)cc1)C(=O)CN(c1cccc(C)c1)S(=O)(=O)c1ccc(Cl)cc1. The third kappa shape index (κ3) is 9.42. The van der Waals surface area contributed by atoms with Gasteiger partial charge in [0.25, 0.3) is 10.0 Å². The highest BCUT2D eigenvalue weighted by Crippen LogP contribution is 2.27. The van der Waals surface area contributed by atoms with E-state index in [0.717, 1.165) is 38.3 Å². The standard InChI is InChI=1S/C35H37BrClN3O4S/c1-3-4-21-38-35(42)33(23-27-10-6-5-7-11-27)39(24-28-13-15-29(36)16-14-28)34(41)25-40(31-12-8-9-26(2)22-31)45(43,44)32-19-17-30(37)18-20-32/h5-20,22,33H,3-4,21,23-25H2,1-2H3,(H,38,42)/t33-/m1/s1. The second-order valence-corrected chi connectivity index (χ2v) is 14.0. The molecule has 4 rings (SSSR count). The maximum absolute atomic E-state index is 14.5. The third-order valence-corrected chi connectivity index (χ3v) is 9.91. The molecule has 0 saturated heterocycles. The molecule has 45 heavy (non-hydrogen) atoms. The van der Waals surface area contributed by atoms with Gasteiger partial charge in [0.2, 0.25) is 11.8 Å². The van der Waals surface area contributed by atoms with E-state index >= 15 is 0 Å². The van der Waals surface area contributed by atoms with E-state index in [0.29, 0.717) is 17.3 Å². The van der Waals surface area contributed by atoms with Gasteiger partial charge in [0, 0.05) is 29.0 Å². The molecule has 0 aromatic heterocycles. The van der Waals surface area contributed by atoms with Crippen molar-refractivity contribution in [3.63, 3.8) is 0 Å². The molecule has 236 valence electrons. The number of rotatable bonds is 14. The maximum Gasteiger partial charge on any atom is 0.264 e. The second kappa shape index (κ2) is 16.1. The smallest absolute Gasteiger partial charge is 0.264 e. The number of carbonyl (C=O) groups excluding carboxylic acids is 2. The molecule has 0 aliphatic rings. The number of sulfonamides is 1. The van der Waals surface area contributed by atoms with E-state index in [1.807, 2.05) is 74.5 Å². The van der Waals surface area contributed by atoms with Crippen LogP contribution in [0.25, 0.3) is 0 Å². The van der Waals surface area contributed by atoms with Crippen LogP contribution in [0.1, 0.15) is 36.5 Å². The van der Waals surface area contributed by atoms with Crippen LogP contribution in [0.3, 0.4) is 0 Å². The molecule has 0 unspecified atom stereocenters. The average Bonchev–Trinajstić information content (AvgIpc) is 3.03. The van der Waals surface area contributed by atoms with Gasteiger partial charge in [-0.15, -0.1) is 0 Å². The lowest BCUT2D eigenvalue weighted by molar-refractivity contribution is -0.140. The number of unbranched alkanes of at least 4 members (excludes halogenated alkanes) is 1. The lowest BCUT2D eigenvalue weighted by Crippen LogP contribution is -2.53. The Bertz CT molecular complexity index is 1680. The molecule has 0 radical (unpaired) electrons. The zero-order valence-corrected chi connectivity index (χ0v) is 28.5. The summed E-state index contributed by atoms with van der Waals surface area (Å²) in [6.45, 7) is 3.96. The summed E-state index contributed by atoms with van der Waals surface area (Å²) in [6, 6.07) is 28.9. The van der Waals surface area contributed by atoms with Crippen LogP contribution in [-0.2, 0) is 32.6 Å². The van der Waals surface area contributed by atoms with Gasteiger partial charge in [0.15, 0.2) is 0 Å². The molecule has 0 spiro atoms. The van der Waals surface area contributed by atoms with E-state index in [1.54, 1.807) is 18.2 Å². The Morgan fingerprint density at radius 2 is 1.58 bits per heavy atom. The lowest BCUT2D eigenvalue weighted by atomic mass is 10.0. The van der Waals surface area contributed by atoms with Crippen molar-refractivity contribution in [3.8, 4) is 0 Å². The van der Waals surface area contributed by atoms with Crippen LogP contribution in [0.2, 0.25) is 5.02 Å². The van der Waals surface area contributed by atoms with Gasteiger partial charge in [0.05, 0.1) is 10.6 Å². The summed E-state index contributed by atoms with van der Waals surface area (Å²) in [4.78, 5) is 29.8. The van der Waals surface area contributed by atoms with Gasteiger partial charge in [-0.25, -0.2) is 8.42 Å². The van der Waals surface area contributed by atoms with Gasteiger partial charge in [-0.3, -0.25) is 13.9 Å². The molecule has 1 N–H and O–H groups in total. The third-order valence-electron chi connectivity index (χ3n) is 7.34. The molecule has 0 aliphatic heterocycles. The number of hydrogen-bond acceptors (Lipinski definition) is 4. The fourth-order valence-electron chi connectivity index (χ4n) is 4.89. The summed E-state index contributed by atoms with van der Waals surface area (Å²) in [5.74, 6) is -0.802. The minimum Gasteiger partial charge on any atom is -0.354 e. The summed E-state index contributed by atoms with van der Waals surface area (Å²) in [7, 11) is -4.20. The highest BCUT2D eigenvalue weighted by atomic mass is 79.9. The van der Waals surface area contributed by atoms with Crippen LogP contribution in [0.15, 0.2) is 112 Å². The number of carbonyl (C=O) groups is 2. The molecule has 0 aliphatic carbocycles. The first-order valence-electron chi connectivity index (χ1n) is 14.8. The summed E-state index contributed by atoms with van der Waals surface area (Å²) in [5.41, 5.74) is 2.86. The number of benzene rings is 4. The average molecular weight is 711 g/mol. The zero-order valence-electron chi connectivity index (χ0n) is 25.3. The van der Waals surface area contributed by atoms with Gasteiger partial charge < -0.3 is 10.2 Å². The number of anilines is 1. The number of amides is 2. The quantitative estimate of drug-likeness (QED) is 0.141. The monoisotopic (exact) mass is 709 g/mol. The Labute approximate surface area is 279 Å². The van der Waals surface area contributed by atoms with E-state index in [2.05, 4.69) is 21.2 Å². The predicted octanol–water partition coefficient (Wildman–Crippen LogP) is 7.16. The van der Waals surface area contributed by atoms with Crippen molar-refractivity contribution in [2.75, 3.05) is 17.4 Å². The summed E-state index contributed by atoms with van der Waals surface area (Å²) in [6.07, 6.45) is 1.96. The van der Waals surface area contributed by atoms with Crippen molar-refractivity contribution in [1.82, 2.24) is 10.2 Å². The largest absolute Gasteiger partial charge is 0.354 e. The number of halogens is 2. The van der Waals surface area contributed by atoms with Crippen LogP contribution >= 0.6 is 27.5 Å². The molecule has 0 bridgehead atoms. The zero-order chi connectivity index (χ0) is 32.4. The Balaban J connectivity index is 1.78. The van der Waals surface area contributed by atoms with Crippen molar-refractivity contribution in [3.05, 3.63) is 129 Å². The Morgan fingerprint density at radius 3 is 2.22 bits per heavy atom. The molecule has 1 atom stereocenters. The van der Waals surface area contributed by atoms with Gasteiger partial charge >= 0.3 is 0 Å². The molecule has 10 heteroatoms. The van der Waals surface area contributed by atoms with Gasteiger partial charge in [-0.05, 0) is 78.6 Å². The van der Waals surface area contributed by atoms with Gasteiger partial charge in [0.1, 0.15) is 12.6 Å². The topological polar surface area (TPSA) is 86.8 Å². The van der Waals surface area contributed by atoms with Crippen LogP contribution in [0, 0.1) is 6.92 Å². The number of aryl methyl sites for hydroxylation is 1. The first-order chi connectivity index (χ1) is 21.6. The fraction of sp³-hybridized carbons (Fsp3) is 0.257. The highest BCUT2D eigenvalue weighted by molar-refractivity contribution is 9.10. The van der Waals surface area contributed by atoms with Crippen LogP contribution < -0.4 is 9.62 Å². The second-order valence-electron chi connectivity index (χ2n) is 10.8. The Hall–Kier alpha value is -3.66. The lowest BCUT2D eigenvalue weighted by Gasteiger charge is -2.34. The van der Waals surface area contributed by atoms with Gasteiger partial charge in [-0.2, -0.15) is 0 Å². The van der Waals surface area contributed by atoms with Gasteiger partial charge in [-0.1, -0.05) is 95.5 Å². The maximum atomic E-state index is 14.5. The molecule has 0 fully saturated rings. The molecule has 7 nitrogen and oxygen atoms in total. The molecule has 0 heterocycles. The van der Waals surface area contributed by atoms with E-state index in [-0.39, 0.29) is 23.8 Å². The van der Waals surface area contributed by atoms with E-state index < -0.39 is 28.5 Å². The summed E-state index contributed by atoms with van der Waals surface area (Å²) >= 11 is 9.52. The number of hydrogen-bond donors (Lipinski definition) is 1. The van der Waals surface area contributed by atoms with E-state index in [1.165, 1.54) is 29.2 Å². The van der Waals surface area contributed by atoms with Crippen LogP contribution in [-0.4, -0.2) is 44.3 Å². The summed E-state index contributed by atoms with van der Waals surface area (Å²) < 4.78 is 30.2. The minimum absolute atomic E-state index is 0.00110. The molecule has 2 amide bonds. The minimum atomic E-state index is -4.20. The normalized spacial score (nSPS) is 11.9. The Kier molecular flexibility index (Phi) is 12.2. The fourth-order valence-corrected chi connectivity index (χ4v) is 6.69. The van der Waals surface area contributed by atoms with Crippen molar-refractivity contribution in [1.29, 1.82) is 0 Å². The first kappa shape index (κ1) is 34.2. The van der Waals surface area contributed by atoms with E-state index in [9.17, 15) is 18.0 Å². The van der Waals surface area contributed by atoms with E-state index in [4.69, 9.17) is 11.6 Å². The van der Waals surface area contributed by atoms with Crippen LogP contribution in [0.4, 0.5) is 5.69 Å². The van der Waals surface area contributed by atoms with Crippen LogP contribution in [0.5, 0.6) is 0 Å². The number of nitrogens with zero attached hydrogens (tertiary/aromatic N) is 2. The van der Waals surface area contributed by atoms with Crippen molar-refractivity contribution >= 4 is 55.1 Å². The van der Waals surface area contributed by atoms with Crippen molar-refractivity contribution in [2.45, 2.75) is 50.6 Å². The number of nitrogens with one attached hydrogen (secondary N) is 1. The predicted molar refractivity (Wildman–Crippen MR) is 184 cm³/mol. The molecular formula is C35H37BrClN3O4S. The molecule has 4 aromatic carbocycles. The van der Waals surface area contributed by atoms with Crippen molar-refractivity contribution in [2.24, 2.45) is 0 Å².